The first kappa shape index (κ1) is 16.5. The van der Waals surface area contributed by atoms with E-state index in [1.165, 1.54) is 12.0 Å². The highest BCUT2D eigenvalue weighted by molar-refractivity contribution is 5.18. The molecule has 2 N–H and O–H groups in total. The monoisotopic (exact) mass is 265 g/mol. The van der Waals surface area contributed by atoms with E-state index in [1.807, 2.05) is 6.92 Å². The van der Waals surface area contributed by atoms with Gasteiger partial charge in [0.2, 0.25) is 0 Å². The van der Waals surface area contributed by atoms with Crippen LogP contribution in [-0.2, 0) is 0 Å². The van der Waals surface area contributed by atoms with Crippen molar-refractivity contribution in [2.45, 2.75) is 65.5 Å². The second-order valence-corrected chi connectivity index (χ2v) is 6.20. The molecule has 0 heterocycles. The molecule has 1 rings (SSSR count). The maximum atomic E-state index is 10.2. The molecule has 110 valence electrons. The third-order valence-corrected chi connectivity index (χ3v) is 4.06. The van der Waals surface area contributed by atoms with E-state index in [2.05, 4.69) is 44.3 Å². The summed E-state index contributed by atoms with van der Waals surface area (Å²) in [6.45, 7) is 9.71. The van der Waals surface area contributed by atoms with E-state index in [1.54, 1.807) is 0 Å². The van der Waals surface area contributed by atoms with Crippen LogP contribution in [0.15, 0.2) is 23.8 Å². The Morgan fingerprint density at radius 1 is 1.32 bits per heavy atom. The summed E-state index contributed by atoms with van der Waals surface area (Å²) in [5, 5.41) is 13.8. The van der Waals surface area contributed by atoms with Crippen LogP contribution in [-0.4, -0.2) is 23.8 Å². The van der Waals surface area contributed by atoms with Gasteiger partial charge in [0, 0.05) is 6.04 Å². The van der Waals surface area contributed by atoms with Crippen LogP contribution in [0.1, 0.15) is 53.4 Å². The van der Waals surface area contributed by atoms with E-state index in [0.29, 0.717) is 12.0 Å². The second kappa shape index (κ2) is 8.55. The minimum Gasteiger partial charge on any atom is -0.393 e. The fraction of sp³-hybridized carbons (Fsp3) is 0.765. The molecule has 1 aliphatic rings. The molecule has 1 aliphatic carbocycles. The highest BCUT2D eigenvalue weighted by atomic mass is 16.3. The third-order valence-electron chi connectivity index (χ3n) is 4.06. The lowest BCUT2D eigenvalue weighted by Crippen LogP contribution is -2.28. The summed E-state index contributed by atoms with van der Waals surface area (Å²) < 4.78 is 0. The second-order valence-electron chi connectivity index (χ2n) is 6.20. The first-order chi connectivity index (χ1) is 9.06. The lowest BCUT2D eigenvalue weighted by atomic mass is 9.95. The van der Waals surface area contributed by atoms with Crippen molar-refractivity contribution in [1.29, 1.82) is 0 Å². The molecule has 2 nitrogen and oxygen atoms in total. The van der Waals surface area contributed by atoms with Gasteiger partial charge in [-0.3, -0.25) is 0 Å². The molecule has 0 aromatic carbocycles. The van der Waals surface area contributed by atoms with Crippen molar-refractivity contribution in [3.8, 4) is 0 Å². The number of nitrogens with one attached hydrogen (secondary N) is 1. The van der Waals surface area contributed by atoms with E-state index in [-0.39, 0.29) is 6.10 Å². The van der Waals surface area contributed by atoms with E-state index in [9.17, 15) is 5.11 Å². The molecule has 0 aromatic rings. The zero-order valence-corrected chi connectivity index (χ0v) is 13.0. The van der Waals surface area contributed by atoms with Gasteiger partial charge < -0.3 is 10.4 Å². The predicted molar refractivity (Wildman–Crippen MR) is 83.2 cm³/mol. The molecule has 0 radical (unpaired) electrons. The molecule has 19 heavy (non-hydrogen) atoms. The Balaban J connectivity index is 2.38. The highest BCUT2D eigenvalue weighted by Crippen LogP contribution is 2.31. The van der Waals surface area contributed by atoms with Crippen LogP contribution < -0.4 is 5.32 Å². The largest absolute Gasteiger partial charge is 0.393 e. The Labute approximate surface area is 119 Å². The van der Waals surface area contributed by atoms with Gasteiger partial charge in [0.1, 0.15) is 0 Å². The fourth-order valence-corrected chi connectivity index (χ4v) is 2.86. The maximum Gasteiger partial charge on any atom is 0.0587 e. The van der Waals surface area contributed by atoms with Crippen molar-refractivity contribution >= 4 is 0 Å². The van der Waals surface area contributed by atoms with Crippen LogP contribution in [0.5, 0.6) is 0 Å². The summed E-state index contributed by atoms with van der Waals surface area (Å²) in [6.07, 6.45) is 10.5. The summed E-state index contributed by atoms with van der Waals surface area (Å²) in [6, 6.07) is 0.502. The number of aliphatic hydroxyl groups is 1. The van der Waals surface area contributed by atoms with Crippen LogP contribution in [0.4, 0.5) is 0 Å². The first-order valence-corrected chi connectivity index (χ1v) is 7.76. The van der Waals surface area contributed by atoms with Crippen LogP contribution in [0.3, 0.4) is 0 Å². The van der Waals surface area contributed by atoms with Crippen LogP contribution in [0.25, 0.3) is 0 Å². The number of aliphatic hydroxyl groups excluding tert-OH is 1. The topological polar surface area (TPSA) is 32.3 Å². The molecule has 0 saturated heterocycles. The normalized spacial score (nSPS) is 28.7. The lowest BCUT2D eigenvalue weighted by Gasteiger charge is -2.15. The summed E-state index contributed by atoms with van der Waals surface area (Å²) in [5.74, 6) is 1.16. The number of hydrogen-bond acceptors (Lipinski definition) is 2. The molecular weight excluding hydrogens is 234 g/mol. The van der Waals surface area contributed by atoms with E-state index in [0.717, 1.165) is 31.7 Å². The summed E-state index contributed by atoms with van der Waals surface area (Å²) in [7, 11) is 0. The Bertz CT molecular complexity index is 306. The molecule has 0 spiro atoms. The van der Waals surface area contributed by atoms with Crippen molar-refractivity contribution in [3.63, 3.8) is 0 Å². The molecular formula is C17H31NO. The van der Waals surface area contributed by atoms with Gasteiger partial charge >= 0.3 is 0 Å². The molecule has 0 aliphatic heterocycles. The van der Waals surface area contributed by atoms with Gasteiger partial charge in [-0.25, -0.2) is 0 Å². The fourth-order valence-electron chi connectivity index (χ4n) is 2.86. The molecule has 0 aromatic heterocycles. The van der Waals surface area contributed by atoms with Gasteiger partial charge in [-0.2, -0.15) is 0 Å². The van der Waals surface area contributed by atoms with E-state index < -0.39 is 0 Å². The molecule has 3 atom stereocenters. The molecule has 0 amide bonds. The van der Waals surface area contributed by atoms with Crippen molar-refractivity contribution in [2.24, 2.45) is 11.8 Å². The molecule has 2 heteroatoms. The molecule has 0 unspecified atom stereocenters. The number of hydrogen-bond donors (Lipinski definition) is 2. The van der Waals surface area contributed by atoms with Crippen molar-refractivity contribution in [2.75, 3.05) is 6.54 Å². The standard InChI is InChI=1S/C17H31NO/c1-5-7-14(6-2)10-15-11-16(12-17(15)19)18-9-8-13(3)4/h5-7,13,15-19H,8-12H2,1-4H3/b7-5-,14-6+/t15-,16-,17-/m1/s1. The summed E-state index contributed by atoms with van der Waals surface area (Å²) >= 11 is 0. The molecule has 0 bridgehead atoms. The Morgan fingerprint density at radius 2 is 2.05 bits per heavy atom. The van der Waals surface area contributed by atoms with Gasteiger partial charge in [-0.15, -0.1) is 0 Å². The Morgan fingerprint density at radius 3 is 2.63 bits per heavy atom. The van der Waals surface area contributed by atoms with Gasteiger partial charge in [0.25, 0.3) is 0 Å². The zero-order chi connectivity index (χ0) is 14.3. The predicted octanol–water partition coefficient (Wildman–Crippen LogP) is 3.67. The van der Waals surface area contributed by atoms with E-state index >= 15 is 0 Å². The van der Waals surface area contributed by atoms with Gasteiger partial charge in [-0.1, -0.05) is 37.6 Å². The summed E-state index contributed by atoms with van der Waals surface area (Å²) in [4.78, 5) is 0. The average Bonchev–Trinajstić information content (AvgIpc) is 2.69. The van der Waals surface area contributed by atoms with Crippen molar-refractivity contribution in [1.82, 2.24) is 5.32 Å². The summed E-state index contributed by atoms with van der Waals surface area (Å²) in [5.41, 5.74) is 1.34. The minimum absolute atomic E-state index is 0.142. The SMILES string of the molecule is C/C=C\C(=C/C)C[C@@H]1C[C@@H](NCCC(C)C)C[C@H]1O. The smallest absolute Gasteiger partial charge is 0.0587 e. The first-order valence-electron chi connectivity index (χ1n) is 7.76. The minimum atomic E-state index is -0.142. The van der Waals surface area contributed by atoms with Crippen LogP contribution >= 0.6 is 0 Å². The number of rotatable bonds is 7. The zero-order valence-electron chi connectivity index (χ0n) is 13.0. The average molecular weight is 265 g/mol. The van der Waals surface area contributed by atoms with Gasteiger partial charge in [0.15, 0.2) is 0 Å². The van der Waals surface area contributed by atoms with E-state index in [4.69, 9.17) is 0 Å². The highest BCUT2D eigenvalue weighted by Gasteiger charge is 2.32. The van der Waals surface area contributed by atoms with Crippen LogP contribution in [0, 0.1) is 11.8 Å². The number of allylic oxidation sites excluding steroid dienone is 4. The maximum absolute atomic E-state index is 10.2. The van der Waals surface area contributed by atoms with Gasteiger partial charge in [-0.05, 0) is 57.9 Å². The molecule has 1 fully saturated rings. The van der Waals surface area contributed by atoms with Crippen molar-refractivity contribution < 1.29 is 5.11 Å². The Hall–Kier alpha value is -0.600. The Kier molecular flexibility index (Phi) is 7.40. The van der Waals surface area contributed by atoms with Crippen molar-refractivity contribution in [3.05, 3.63) is 23.8 Å². The van der Waals surface area contributed by atoms with Crippen LogP contribution in [0.2, 0.25) is 0 Å². The molecule has 1 saturated carbocycles. The third kappa shape index (κ3) is 5.92. The quantitative estimate of drug-likeness (QED) is 0.688. The van der Waals surface area contributed by atoms with Gasteiger partial charge in [0.05, 0.1) is 6.10 Å². The lowest BCUT2D eigenvalue weighted by molar-refractivity contribution is 0.132.